The summed E-state index contributed by atoms with van der Waals surface area (Å²) in [6.45, 7) is 3.08. The van der Waals surface area contributed by atoms with Crippen LogP contribution in [-0.4, -0.2) is 59.8 Å². The second-order valence-corrected chi connectivity index (χ2v) is 6.55. The van der Waals surface area contributed by atoms with Crippen molar-refractivity contribution in [2.75, 3.05) is 34.3 Å². The van der Waals surface area contributed by atoms with Crippen LogP contribution >= 0.6 is 0 Å². The van der Waals surface area contributed by atoms with Crippen molar-refractivity contribution in [2.45, 2.75) is 13.1 Å². The van der Waals surface area contributed by atoms with E-state index in [-0.39, 0.29) is 5.91 Å². The molecule has 1 aromatic carbocycles. The number of rotatable bonds is 4. The van der Waals surface area contributed by atoms with Gasteiger partial charge < -0.3 is 14.5 Å². The maximum Gasteiger partial charge on any atom is 0.254 e. The van der Waals surface area contributed by atoms with Gasteiger partial charge in [-0.05, 0) is 44.4 Å². The fourth-order valence-corrected chi connectivity index (χ4v) is 3.24. The summed E-state index contributed by atoms with van der Waals surface area (Å²) in [6.07, 6.45) is 1.81. The summed E-state index contributed by atoms with van der Waals surface area (Å²) >= 11 is 0. The number of benzene rings is 1. The summed E-state index contributed by atoms with van der Waals surface area (Å²) in [6, 6.07) is 9.29. The van der Waals surface area contributed by atoms with E-state index < -0.39 is 0 Å². The van der Waals surface area contributed by atoms with Crippen LogP contribution in [0.5, 0.6) is 5.75 Å². The molecule has 0 fully saturated rings. The number of ether oxygens (including phenoxy) is 1. The van der Waals surface area contributed by atoms with Crippen molar-refractivity contribution in [2.24, 2.45) is 5.92 Å². The lowest BCUT2D eigenvalue weighted by Crippen LogP contribution is -2.37. The summed E-state index contributed by atoms with van der Waals surface area (Å²) in [4.78, 5) is 17.0. The van der Waals surface area contributed by atoms with E-state index in [1.54, 1.807) is 7.11 Å². The highest BCUT2D eigenvalue weighted by atomic mass is 16.5. The summed E-state index contributed by atoms with van der Waals surface area (Å²) < 4.78 is 7.19. The zero-order chi connectivity index (χ0) is 17.1. The molecule has 0 spiro atoms. The lowest BCUT2D eigenvalue weighted by atomic mass is 10.1. The molecule has 1 aromatic heterocycles. The Morgan fingerprint density at radius 2 is 2.00 bits per heavy atom. The first-order valence-electron chi connectivity index (χ1n) is 8.15. The monoisotopic (exact) mass is 328 g/mol. The Hall–Kier alpha value is -2.34. The zero-order valence-electron chi connectivity index (χ0n) is 14.5. The fourth-order valence-electron chi connectivity index (χ4n) is 3.24. The van der Waals surface area contributed by atoms with Gasteiger partial charge in [0.15, 0.2) is 0 Å². The van der Waals surface area contributed by atoms with Crippen molar-refractivity contribution in [1.29, 1.82) is 0 Å². The van der Waals surface area contributed by atoms with Gasteiger partial charge in [-0.1, -0.05) is 0 Å². The van der Waals surface area contributed by atoms with E-state index in [4.69, 9.17) is 4.74 Å². The maximum atomic E-state index is 13.0. The molecular formula is C18H24N4O2. The maximum absolute atomic E-state index is 13.0. The third-order valence-corrected chi connectivity index (χ3v) is 4.31. The third-order valence-electron chi connectivity index (χ3n) is 4.31. The number of fused-ring (bicyclic) bond motifs is 1. The molecule has 1 atom stereocenters. The molecule has 3 rings (SSSR count). The molecule has 6 heteroatoms. The molecule has 2 aromatic rings. The van der Waals surface area contributed by atoms with E-state index in [1.165, 1.54) is 0 Å². The van der Waals surface area contributed by atoms with Gasteiger partial charge in [0.1, 0.15) is 5.75 Å². The number of amides is 1. The van der Waals surface area contributed by atoms with E-state index >= 15 is 0 Å². The van der Waals surface area contributed by atoms with Gasteiger partial charge in [-0.25, -0.2) is 0 Å². The average molecular weight is 328 g/mol. The molecule has 0 aliphatic carbocycles. The minimum Gasteiger partial charge on any atom is -0.497 e. The lowest BCUT2D eigenvalue weighted by Gasteiger charge is -2.26. The summed E-state index contributed by atoms with van der Waals surface area (Å²) in [5.41, 5.74) is 1.77. The molecule has 24 heavy (non-hydrogen) atoms. The van der Waals surface area contributed by atoms with Crippen LogP contribution in [0.3, 0.4) is 0 Å². The van der Waals surface area contributed by atoms with Gasteiger partial charge in [0.2, 0.25) is 0 Å². The quantitative estimate of drug-likeness (QED) is 0.858. The standard InChI is InChI=1S/C18H24N4O2/c1-20(2)10-14-11-21(13-16-8-9-19-22(16)12-14)18(23)15-4-6-17(24-3)7-5-15/h4-9,14H,10-13H2,1-3H3/t14-/m0/s1. The molecule has 6 nitrogen and oxygen atoms in total. The first-order valence-corrected chi connectivity index (χ1v) is 8.15. The SMILES string of the molecule is COc1ccc(C(=O)N2Cc3ccnn3C[C@@H](CN(C)C)C2)cc1. The predicted octanol–water partition coefficient (Wildman–Crippen LogP) is 1.73. The molecule has 1 aliphatic heterocycles. The smallest absolute Gasteiger partial charge is 0.254 e. The molecule has 2 heterocycles. The number of carbonyl (C=O) groups excluding carboxylic acids is 1. The second-order valence-electron chi connectivity index (χ2n) is 6.55. The summed E-state index contributed by atoms with van der Waals surface area (Å²) in [7, 11) is 5.74. The van der Waals surface area contributed by atoms with Crippen LogP contribution in [0.1, 0.15) is 16.1 Å². The average Bonchev–Trinajstić information content (AvgIpc) is 2.92. The van der Waals surface area contributed by atoms with Crippen LogP contribution in [0.15, 0.2) is 36.5 Å². The molecule has 0 bridgehead atoms. The highest BCUT2D eigenvalue weighted by Gasteiger charge is 2.26. The van der Waals surface area contributed by atoms with Crippen molar-refractivity contribution in [3.8, 4) is 5.75 Å². The van der Waals surface area contributed by atoms with Gasteiger partial charge in [-0.2, -0.15) is 5.10 Å². The van der Waals surface area contributed by atoms with Gasteiger partial charge in [-0.3, -0.25) is 9.48 Å². The minimum absolute atomic E-state index is 0.0519. The van der Waals surface area contributed by atoms with Crippen LogP contribution in [0.2, 0.25) is 0 Å². The number of hydrogen-bond acceptors (Lipinski definition) is 4. The molecule has 0 radical (unpaired) electrons. The first-order chi connectivity index (χ1) is 11.6. The Bertz CT molecular complexity index is 693. The van der Waals surface area contributed by atoms with Gasteiger partial charge in [0, 0.05) is 37.3 Å². The zero-order valence-corrected chi connectivity index (χ0v) is 14.5. The molecule has 1 amide bonds. The van der Waals surface area contributed by atoms with Crippen LogP contribution in [0.25, 0.3) is 0 Å². The normalized spacial score (nSPS) is 17.5. The van der Waals surface area contributed by atoms with E-state index in [2.05, 4.69) is 24.1 Å². The summed E-state index contributed by atoms with van der Waals surface area (Å²) in [5, 5.41) is 4.41. The highest BCUT2D eigenvalue weighted by molar-refractivity contribution is 5.94. The molecule has 0 N–H and O–H groups in total. The Balaban J connectivity index is 1.83. The Kier molecular flexibility index (Phi) is 4.85. The van der Waals surface area contributed by atoms with Crippen molar-refractivity contribution in [3.05, 3.63) is 47.8 Å². The highest BCUT2D eigenvalue weighted by Crippen LogP contribution is 2.20. The van der Waals surface area contributed by atoms with Gasteiger partial charge in [0.25, 0.3) is 5.91 Å². The Labute approximate surface area is 142 Å². The Morgan fingerprint density at radius 3 is 2.67 bits per heavy atom. The van der Waals surface area contributed by atoms with Crippen molar-refractivity contribution < 1.29 is 9.53 Å². The molecular weight excluding hydrogens is 304 g/mol. The topological polar surface area (TPSA) is 50.6 Å². The van der Waals surface area contributed by atoms with E-state index in [0.29, 0.717) is 18.0 Å². The molecule has 0 unspecified atom stereocenters. The first kappa shape index (κ1) is 16.5. The molecule has 1 aliphatic rings. The van der Waals surface area contributed by atoms with Gasteiger partial charge >= 0.3 is 0 Å². The van der Waals surface area contributed by atoms with Crippen LogP contribution in [0, 0.1) is 5.92 Å². The van der Waals surface area contributed by atoms with E-state index in [1.807, 2.05) is 46.1 Å². The lowest BCUT2D eigenvalue weighted by molar-refractivity contribution is 0.0711. The van der Waals surface area contributed by atoms with Crippen LogP contribution < -0.4 is 4.74 Å². The predicted molar refractivity (Wildman–Crippen MR) is 92.0 cm³/mol. The number of carbonyl (C=O) groups is 1. The molecule has 128 valence electrons. The fraction of sp³-hybridized carbons (Fsp3) is 0.444. The minimum atomic E-state index is 0.0519. The number of methoxy groups -OCH3 is 1. The van der Waals surface area contributed by atoms with Crippen LogP contribution in [0.4, 0.5) is 0 Å². The van der Waals surface area contributed by atoms with Crippen molar-refractivity contribution in [1.82, 2.24) is 19.6 Å². The van der Waals surface area contributed by atoms with E-state index in [9.17, 15) is 4.79 Å². The number of nitrogens with zero attached hydrogens (tertiary/aromatic N) is 4. The van der Waals surface area contributed by atoms with Crippen LogP contribution in [-0.2, 0) is 13.1 Å². The third kappa shape index (κ3) is 3.59. The Morgan fingerprint density at radius 1 is 1.25 bits per heavy atom. The molecule has 0 saturated carbocycles. The van der Waals surface area contributed by atoms with Crippen molar-refractivity contribution in [3.63, 3.8) is 0 Å². The summed E-state index contributed by atoms with van der Waals surface area (Å²) in [5.74, 6) is 1.16. The second kappa shape index (κ2) is 7.05. The largest absolute Gasteiger partial charge is 0.497 e. The number of hydrogen-bond donors (Lipinski definition) is 0. The van der Waals surface area contributed by atoms with Crippen molar-refractivity contribution >= 4 is 5.91 Å². The van der Waals surface area contributed by atoms with Gasteiger partial charge in [0.05, 0.1) is 19.3 Å². The van der Waals surface area contributed by atoms with Gasteiger partial charge in [-0.15, -0.1) is 0 Å². The van der Waals surface area contributed by atoms with E-state index in [0.717, 1.165) is 31.1 Å². The number of aromatic nitrogens is 2. The molecule has 0 saturated heterocycles.